The Bertz CT molecular complexity index is 410. The van der Waals surface area contributed by atoms with Gasteiger partial charge >= 0.3 is 0 Å². The first kappa shape index (κ1) is 14.0. The fourth-order valence-electron chi connectivity index (χ4n) is 2.39. The van der Waals surface area contributed by atoms with Crippen molar-refractivity contribution >= 4 is 5.91 Å². The van der Waals surface area contributed by atoms with Crippen LogP contribution in [-0.2, 0) is 11.3 Å². The summed E-state index contributed by atoms with van der Waals surface area (Å²) in [5.41, 5.74) is 1.09. The lowest BCUT2D eigenvalue weighted by atomic mass is 10.1. The van der Waals surface area contributed by atoms with Crippen LogP contribution in [0.15, 0.2) is 30.3 Å². The number of carbonyl (C=O) groups is 1. The van der Waals surface area contributed by atoms with Gasteiger partial charge in [0.05, 0.1) is 12.1 Å². The van der Waals surface area contributed by atoms with Crippen molar-refractivity contribution in [2.75, 3.05) is 19.7 Å². The van der Waals surface area contributed by atoms with Crippen LogP contribution in [0.1, 0.15) is 12.0 Å². The second-order valence-corrected chi connectivity index (χ2v) is 4.84. The highest BCUT2D eigenvalue weighted by Crippen LogP contribution is 2.14. The van der Waals surface area contributed by atoms with Crippen LogP contribution in [0, 0.1) is 0 Å². The maximum atomic E-state index is 12.0. The van der Waals surface area contributed by atoms with Crippen LogP contribution in [0.3, 0.4) is 0 Å². The predicted octanol–water partition coefficient (Wildman–Crippen LogP) is -0.270. The Morgan fingerprint density at radius 1 is 1.32 bits per heavy atom. The molecule has 3 N–H and O–H groups in total. The molecule has 1 aliphatic heterocycles. The third-order valence-corrected chi connectivity index (χ3v) is 3.33. The highest BCUT2D eigenvalue weighted by Gasteiger charge is 2.30. The molecule has 5 nitrogen and oxygen atoms in total. The summed E-state index contributed by atoms with van der Waals surface area (Å²) in [6, 6.07) is 9.44. The van der Waals surface area contributed by atoms with Gasteiger partial charge in [-0.05, 0) is 12.0 Å². The Morgan fingerprint density at radius 3 is 2.74 bits per heavy atom. The Labute approximate surface area is 112 Å². The predicted molar refractivity (Wildman–Crippen MR) is 71.4 cm³/mol. The molecule has 1 heterocycles. The number of amides is 1. The highest BCUT2D eigenvalue weighted by molar-refractivity contribution is 5.82. The van der Waals surface area contributed by atoms with Crippen LogP contribution in [0.2, 0.25) is 0 Å². The molecule has 1 fully saturated rings. The second kappa shape index (κ2) is 6.65. The molecule has 1 saturated heterocycles. The van der Waals surface area contributed by atoms with Crippen molar-refractivity contribution in [2.45, 2.75) is 25.1 Å². The van der Waals surface area contributed by atoms with Crippen molar-refractivity contribution < 1.29 is 15.0 Å². The second-order valence-electron chi connectivity index (χ2n) is 4.84. The number of hydrogen-bond donors (Lipinski definition) is 3. The number of hydrogen-bond acceptors (Lipinski definition) is 4. The van der Waals surface area contributed by atoms with E-state index in [2.05, 4.69) is 5.32 Å². The molecule has 0 aromatic heterocycles. The number of aliphatic hydroxyl groups is 2. The third kappa shape index (κ3) is 3.76. The number of rotatable bonds is 4. The van der Waals surface area contributed by atoms with Crippen molar-refractivity contribution in [3.63, 3.8) is 0 Å². The molecule has 0 saturated carbocycles. The number of carbonyl (C=O) groups excluding carboxylic acids is 1. The zero-order valence-electron chi connectivity index (χ0n) is 10.8. The molecule has 2 unspecified atom stereocenters. The van der Waals surface area contributed by atoms with E-state index in [1.54, 1.807) is 0 Å². The van der Waals surface area contributed by atoms with E-state index in [-0.39, 0.29) is 25.1 Å². The molecule has 0 bridgehead atoms. The van der Waals surface area contributed by atoms with Gasteiger partial charge in [-0.25, -0.2) is 0 Å². The van der Waals surface area contributed by atoms with Gasteiger partial charge in [-0.2, -0.15) is 0 Å². The Balaban J connectivity index is 2.14. The van der Waals surface area contributed by atoms with E-state index in [9.17, 15) is 9.90 Å². The Hall–Kier alpha value is -1.43. The number of β-amino-alcohol motifs (C(OH)–C–C–N with tert-alkyl or cyclic N) is 1. The van der Waals surface area contributed by atoms with Crippen LogP contribution in [0.25, 0.3) is 0 Å². The molecule has 0 radical (unpaired) electrons. The zero-order valence-corrected chi connectivity index (χ0v) is 10.8. The molecule has 1 aromatic rings. The molecule has 1 aromatic carbocycles. The van der Waals surface area contributed by atoms with E-state index in [4.69, 9.17) is 5.11 Å². The van der Waals surface area contributed by atoms with Crippen molar-refractivity contribution in [3.05, 3.63) is 35.9 Å². The summed E-state index contributed by atoms with van der Waals surface area (Å²) in [6.45, 7) is 1.25. The van der Waals surface area contributed by atoms with Gasteiger partial charge < -0.3 is 15.5 Å². The summed E-state index contributed by atoms with van der Waals surface area (Å²) in [4.78, 5) is 13.9. The van der Waals surface area contributed by atoms with Crippen LogP contribution in [0.4, 0.5) is 0 Å². The quantitative estimate of drug-likeness (QED) is 0.700. The smallest absolute Gasteiger partial charge is 0.237 e. The summed E-state index contributed by atoms with van der Waals surface area (Å²) in [5.74, 6) is -0.124. The standard InChI is InChI=1S/C14H20N2O3/c17-7-6-13-14(19)15-8-12(18)10-16(13)9-11-4-2-1-3-5-11/h1-5,12-13,17-18H,6-10H2,(H,15,19). The molecule has 5 heteroatoms. The Kier molecular flexibility index (Phi) is 4.90. The lowest BCUT2D eigenvalue weighted by Crippen LogP contribution is -2.44. The minimum Gasteiger partial charge on any atom is -0.396 e. The first-order valence-electron chi connectivity index (χ1n) is 6.55. The molecule has 1 amide bonds. The monoisotopic (exact) mass is 264 g/mol. The van der Waals surface area contributed by atoms with Gasteiger partial charge in [0, 0.05) is 26.2 Å². The fourth-order valence-corrected chi connectivity index (χ4v) is 2.39. The van der Waals surface area contributed by atoms with Crippen LogP contribution >= 0.6 is 0 Å². The first-order chi connectivity index (χ1) is 9.20. The average Bonchev–Trinajstić information content (AvgIpc) is 2.54. The zero-order chi connectivity index (χ0) is 13.7. The summed E-state index contributed by atoms with van der Waals surface area (Å²) < 4.78 is 0. The molecule has 104 valence electrons. The molecule has 0 spiro atoms. The number of aliphatic hydroxyl groups excluding tert-OH is 2. The van der Waals surface area contributed by atoms with Gasteiger partial charge in [0.1, 0.15) is 0 Å². The lowest BCUT2D eigenvalue weighted by molar-refractivity contribution is -0.126. The van der Waals surface area contributed by atoms with Gasteiger partial charge in [-0.1, -0.05) is 30.3 Å². The van der Waals surface area contributed by atoms with Gasteiger partial charge in [-0.3, -0.25) is 9.69 Å². The molecule has 0 aliphatic carbocycles. The van der Waals surface area contributed by atoms with Crippen molar-refractivity contribution in [3.8, 4) is 0 Å². The van der Waals surface area contributed by atoms with Crippen LogP contribution < -0.4 is 5.32 Å². The molecule has 1 aliphatic rings. The lowest BCUT2D eigenvalue weighted by Gasteiger charge is -2.28. The van der Waals surface area contributed by atoms with E-state index in [0.717, 1.165) is 5.56 Å². The molecule has 2 atom stereocenters. The van der Waals surface area contributed by atoms with Crippen molar-refractivity contribution in [1.82, 2.24) is 10.2 Å². The van der Waals surface area contributed by atoms with Crippen molar-refractivity contribution in [2.24, 2.45) is 0 Å². The largest absolute Gasteiger partial charge is 0.396 e. The van der Waals surface area contributed by atoms with Crippen LogP contribution in [0.5, 0.6) is 0 Å². The third-order valence-electron chi connectivity index (χ3n) is 3.33. The van der Waals surface area contributed by atoms with Gasteiger partial charge in [0.15, 0.2) is 0 Å². The van der Waals surface area contributed by atoms with E-state index in [1.165, 1.54) is 0 Å². The summed E-state index contributed by atoms with van der Waals surface area (Å²) in [6.07, 6.45) is -0.192. The SMILES string of the molecule is O=C1NCC(O)CN(Cc2ccccc2)C1CCO. The average molecular weight is 264 g/mol. The number of nitrogens with one attached hydrogen (secondary N) is 1. The van der Waals surface area contributed by atoms with E-state index in [1.807, 2.05) is 35.2 Å². The highest BCUT2D eigenvalue weighted by atomic mass is 16.3. The number of nitrogens with zero attached hydrogens (tertiary/aromatic N) is 1. The molecule has 2 rings (SSSR count). The summed E-state index contributed by atoms with van der Waals surface area (Å²) in [5, 5.41) is 21.6. The normalized spacial score (nSPS) is 24.8. The van der Waals surface area contributed by atoms with Gasteiger partial charge in [0.2, 0.25) is 5.91 Å². The van der Waals surface area contributed by atoms with E-state index < -0.39 is 6.10 Å². The minimum absolute atomic E-state index is 0.0422. The maximum absolute atomic E-state index is 12.0. The summed E-state index contributed by atoms with van der Waals surface area (Å²) >= 11 is 0. The van der Waals surface area contributed by atoms with Crippen molar-refractivity contribution in [1.29, 1.82) is 0 Å². The molecular weight excluding hydrogens is 244 g/mol. The topological polar surface area (TPSA) is 72.8 Å². The van der Waals surface area contributed by atoms with Crippen LogP contribution in [-0.4, -0.2) is 52.9 Å². The Morgan fingerprint density at radius 2 is 2.05 bits per heavy atom. The fraction of sp³-hybridized carbons (Fsp3) is 0.500. The maximum Gasteiger partial charge on any atom is 0.237 e. The van der Waals surface area contributed by atoms with E-state index >= 15 is 0 Å². The number of benzene rings is 1. The minimum atomic E-state index is -0.573. The first-order valence-corrected chi connectivity index (χ1v) is 6.55. The van der Waals surface area contributed by atoms with E-state index in [0.29, 0.717) is 19.5 Å². The summed E-state index contributed by atoms with van der Waals surface area (Å²) in [7, 11) is 0. The van der Waals surface area contributed by atoms with Gasteiger partial charge in [-0.15, -0.1) is 0 Å². The van der Waals surface area contributed by atoms with Gasteiger partial charge in [0.25, 0.3) is 0 Å². The molecular formula is C14H20N2O3. The molecule has 19 heavy (non-hydrogen) atoms.